The Kier molecular flexibility index (Phi) is 4.91. The number of hydrogen-bond acceptors (Lipinski definition) is 3. The Hall–Kier alpha value is -3.10. The minimum Gasteiger partial charge on any atom is -0.477 e. The number of nitrogens with zero attached hydrogens (tertiary/aromatic N) is 3. The number of hydrogen-bond donors (Lipinski definition) is 1. The average molecular weight is 452 g/mol. The lowest BCUT2D eigenvalue weighted by atomic mass is 10.0. The molecule has 4 aromatic rings. The Morgan fingerprint density at radius 3 is 2.27 bits per heavy atom. The number of alkyl halides is 3. The number of halogens is 5. The molecule has 0 amide bonds. The number of benzene rings is 2. The number of carbonyl (C=O) groups is 1. The van der Waals surface area contributed by atoms with Crippen molar-refractivity contribution in [2.24, 2.45) is 0 Å². The molecule has 0 unspecified atom stereocenters. The molecule has 0 saturated heterocycles. The van der Waals surface area contributed by atoms with Crippen LogP contribution in [-0.4, -0.2) is 25.7 Å². The van der Waals surface area contributed by atoms with Gasteiger partial charge in [-0.25, -0.2) is 14.3 Å². The number of aromatic carboxylic acids is 1. The minimum atomic E-state index is -4.98. The molecule has 0 bridgehead atoms. The zero-order valence-electron chi connectivity index (χ0n) is 14.8. The van der Waals surface area contributed by atoms with E-state index >= 15 is 0 Å². The molecule has 2 aromatic carbocycles. The maximum atomic E-state index is 13.5. The summed E-state index contributed by atoms with van der Waals surface area (Å²) in [7, 11) is 0. The summed E-state index contributed by atoms with van der Waals surface area (Å²) in [5.74, 6) is -1.78. The molecule has 0 fully saturated rings. The van der Waals surface area contributed by atoms with Crippen LogP contribution in [0.5, 0.6) is 0 Å². The molecular formula is C20H10Cl2F3N3O2. The molecule has 4 rings (SSSR count). The molecule has 2 heterocycles. The van der Waals surface area contributed by atoms with Gasteiger partial charge >= 0.3 is 12.1 Å². The zero-order chi connectivity index (χ0) is 21.6. The van der Waals surface area contributed by atoms with Crippen LogP contribution < -0.4 is 0 Å². The Morgan fingerprint density at radius 2 is 1.67 bits per heavy atom. The summed E-state index contributed by atoms with van der Waals surface area (Å²) in [6, 6.07) is 13.0. The molecule has 0 radical (unpaired) electrons. The van der Waals surface area contributed by atoms with Crippen LogP contribution in [0.4, 0.5) is 13.2 Å². The fourth-order valence-electron chi connectivity index (χ4n) is 3.14. The van der Waals surface area contributed by atoms with E-state index in [4.69, 9.17) is 23.2 Å². The average Bonchev–Trinajstić information content (AvgIpc) is 3.09. The third-order valence-corrected chi connectivity index (χ3v) is 4.99. The molecule has 0 spiro atoms. The Morgan fingerprint density at radius 1 is 1.00 bits per heavy atom. The van der Waals surface area contributed by atoms with Crippen molar-refractivity contribution in [3.05, 3.63) is 76.0 Å². The SMILES string of the molecule is O=C(O)c1c(C(F)(F)F)nn2c(-c3ccc(Cl)cc3)c(-c3ccccc3Cl)cnc12. The quantitative estimate of drug-likeness (QED) is 0.409. The van der Waals surface area contributed by atoms with E-state index in [1.807, 2.05) is 0 Å². The monoisotopic (exact) mass is 451 g/mol. The Balaban J connectivity index is 2.16. The molecule has 0 saturated carbocycles. The third-order valence-electron chi connectivity index (χ3n) is 4.41. The molecule has 30 heavy (non-hydrogen) atoms. The van der Waals surface area contributed by atoms with Crippen LogP contribution in [0.3, 0.4) is 0 Å². The number of carboxylic acid groups (broad SMARTS) is 1. The molecule has 0 aliphatic carbocycles. The van der Waals surface area contributed by atoms with E-state index in [0.29, 0.717) is 26.7 Å². The maximum absolute atomic E-state index is 13.5. The maximum Gasteiger partial charge on any atom is 0.436 e. The molecule has 5 nitrogen and oxygen atoms in total. The Labute approximate surface area is 177 Å². The molecule has 2 aromatic heterocycles. The second-order valence-corrected chi connectivity index (χ2v) is 7.11. The normalized spacial score (nSPS) is 11.8. The highest BCUT2D eigenvalue weighted by Gasteiger charge is 2.41. The van der Waals surface area contributed by atoms with Crippen LogP contribution in [0.15, 0.2) is 54.7 Å². The smallest absolute Gasteiger partial charge is 0.436 e. The van der Waals surface area contributed by atoms with Crippen molar-refractivity contribution < 1.29 is 23.1 Å². The summed E-state index contributed by atoms with van der Waals surface area (Å²) in [4.78, 5) is 15.6. The van der Waals surface area contributed by atoms with Crippen LogP contribution in [0.25, 0.3) is 28.0 Å². The highest BCUT2D eigenvalue weighted by atomic mass is 35.5. The molecule has 0 aliphatic rings. The summed E-state index contributed by atoms with van der Waals surface area (Å²) in [5.41, 5.74) is -1.46. The molecule has 0 aliphatic heterocycles. The first-order chi connectivity index (χ1) is 14.2. The van der Waals surface area contributed by atoms with Gasteiger partial charge in [-0.1, -0.05) is 53.5 Å². The zero-order valence-corrected chi connectivity index (χ0v) is 16.3. The van der Waals surface area contributed by atoms with Crippen molar-refractivity contribution in [2.45, 2.75) is 6.18 Å². The summed E-state index contributed by atoms with van der Waals surface area (Å²) < 4.78 is 41.4. The standard InChI is InChI=1S/C20H10Cl2F3N3O2/c21-11-7-5-10(6-8-11)16-13(12-3-1-2-4-14(12)22)9-26-18-15(19(29)30)17(20(23,24)25)27-28(16)18/h1-9H,(H,29,30). The van der Waals surface area contributed by atoms with E-state index in [1.165, 1.54) is 6.20 Å². The summed E-state index contributed by atoms with van der Waals surface area (Å²) in [6.07, 6.45) is -3.70. The van der Waals surface area contributed by atoms with Crippen LogP contribution >= 0.6 is 23.2 Å². The van der Waals surface area contributed by atoms with Gasteiger partial charge in [0.05, 0.1) is 5.69 Å². The van der Waals surface area contributed by atoms with Crippen LogP contribution in [0, 0.1) is 0 Å². The first-order valence-corrected chi connectivity index (χ1v) is 9.17. The van der Waals surface area contributed by atoms with Gasteiger partial charge < -0.3 is 5.11 Å². The predicted molar refractivity (Wildman–Crippen MR) is 106 cm³/mol. The second-order valence-electron chi connectivity index (χ2n) is 6.27. The van der Waals surface area contributed by atoms with Gasteiger partial charge in [-0.15, -0.1) is 0 Å². The summed E-state index contributed by atoms with van der Waals surface area (Å²) in [5, 5.41) is 13.8. The van der Waals surface area contributed by atoms with E-state index in [2.05, 4.69) is 10.1 Å². The van der Waals surface area contributed by atoms with Crippen LogP contribution in [-0.2, 0) is 6.18 Å². The molecule has 1 N–H and O–H groups in total. The van der Waals surface area contributed by atoms with Gasteiger partial charge in [0.1, 0.15) is 5.56 Å². The first kappa shape index (κ1) is 20.2. The van der Waals surface area contributed by atoms with E-state index < -0.39 is 29.1 Å². The number of fused-ring (bicyclic) bond motifs is 1. The lowest BCUT2D eigenvalue weighted by Gasteiger charge is -2.13. The van der Waals surface area contributed by atoms with Crippen molar-refractivity contribution in [1.82, 2.24) is 14.6 Å². The highest BCUT2D eigenvalue weighted by Crippen LogP contribution is 2.39. The van der Waals surface area contributed by atoms with Gasteiger partial charge in [0.25, 0.3) is 0 Å². The van der Waals surface area contributed by atoms with Crippen LogP contribution in [0.1, 0.15) is 16.1 Å². The highest BCUT2D eigenvalue weighted by molar-refractivity contribution is 6.33. The van der Waals surface area contributed by atoms with Crippen LogP contribution in [0.2, 0.25) is 10.0 Å². The molecule has 0 atom stereocenters. The fraction of sp³-hybridized carbons (Fsp3) is 0.0500. The predicted octanol–water partition coefficient (Wildman–Crippen LogP) is 6.09. The van der Waals surface area contributed by atoms with Gasteiger partial charge in [0, 0.05) is 32.9 Å². The lowest BCUT2D eigenvalue weighted by Crippen LogP contribution is -2.12. The topological polar surface area (TPSA) is 67.5 Å². The largest absolute Gasteiger partial charge is 0.477 e. The molecular weight excluding hydrogens is 442 g/mol. The summed E-state index contributed by atoms with van der Waals surface area (Å²) in [6.45, 7) is 0. The molecule has 10 heteroatoms. The van der Waals surface area contributed by atoms with E-state index in [1.54, 1.807) is 48.5 Å². The van der Waals surface area contributed by atoms with Crippen molar-refractivity contribution in [3.8, 4) is 22.4 Å². The van der Waals surface area contributed by atoms with Gasteiger partial charge in [-0.2, -0.15) is 18.3 Å². The van der Waals surface area contributed by atoms with Crippen molar-refractivity contribution in [3.63, 3.8) is 0 Å². The van der Waals surface area contributed by atoms with Gasteiger partial charge in [0.2, 0.25) is 0 Å². The van der Waals surface area contributed by atoms with Crippen molar-refractivity contribution in [1.29, 1.82) is 0 Å². The number of rotatable bonds is 3. The van der Waals surface area contributed by atoms with Gasteiger partial charge in [0.15, 0.2) is 11.3 Å². The van der Waals surface area contributed by atoms with E-state index in [9.17, 15) is 23.1 Å². The Bertz CT molecular complexity index is 1290. The molecule has 152 valence electrons. The van der Waals surface area contributed by atoms with Crippen molar-refractivity contribution in [2.75, 3.05) is 0 Å². The first-order valence-electron chi connectivity index (χ1n) is 8.41. The second kappa shape index (κ2) is 7.30. The van der Waals surface area contributed by atoms with Gasteiger partial charge in [-0.3, -0.25) is 0 Å². The third kappa shape index (κ3) is 3.38. The summed E-state index contributed by atoms with van der Waals surface area (Å²) >= 11 is 12.2. The van der Waals surface area contributed by atoms with E-state index in [-0.39, 0.29) is 5.69 Å². The van der Waals surface area contributed by atoms with Crippen molar-refractivity contribution >= 4 is 34.8 Å². The fourth-order valence-corrected chi connectivity index (χ4v) is 3.51. The van der Waals surface area contributed by atoms with E-state index in [0.717, 1.165) is 4.52 Å². The number of aromatic nitrogens is 3. The van der Waals surface area contributed by atoms with Gasteiger partial charge in [-0.05, 0) is 18.2 Å². The lowest BCUT2D eigenvalue weighted by molar-refractivity contribution is -0.141. The minimum absolute atomic E-state index is 0.197. The number of carboxylic acids is 1.